The van der Waals surface area contributed by atoms with Gasteiger partial charge in [-0.1, -0.05) is 0 Å². The van der Waals surface area contributed by atoms with E-state index in [9.17, 15) is 0 Å². The van der Waals surface area contributed by atoms with Gasteiger partial charge in [0.05, 0.1) is 23.7 Å². The minimum Gasteiger partial charge on any atom is -0.381 e. The largest absolute Gasteiger partial charge is 0.381 e. The number of fused-ring (bicyclic) bond motifs is 1. The van der Waals surface area contributed by atoms with E-state index in [1.165, 1.54) is 0 Å². The van der Waals surface area contributed by atoms with Crippen molar-refractivity contribution in [2.75, 3.05) is 32.1 Å². The average molecular weight is 356 g/mol. The normalized spacial score (nSPS) is 28.4. The van der Waals surface area contributed by atoms with Crippen molar-refractivity contribution < 1.29 is 4.74 Å². The lowest BCUT2D eigenvalue weighted by Gasteiger charge is -2.32. The third-order valence-electron chi connectivity index (χ3n) is 4.99. The van der Waals surface area contributed by atoms with Gasteiger partial charge in [-0.05, 0) is 32.0 Å². The molecule has 2 atom stereocenters. The van der Waals surface area contributed by atoms with Crippen LogP contribution >= 0.6 is 0 Å². The summed E-state index contributed by atoms with van der Waals surface area (Å²) in [6.45, 7) is 1.73. The van der Waals surface area contributed by atoms with Crippen LogP contribution < -0.4 is 21.3 Å². The highest BCUT2D eigenvalue weighted by Gasteiger charge is 2.34. The zero-order chi connectivity index (χ0) is 18.1. The van der Waals surface area contributed by atoms with Gasteiger partial charge in [0.15, 0.2) is 12.0 Å². The van der Waals surface area contributed by atoms with E-state index < -0.39 is 5.66 Å². The maximum atomic E-state index is 6.55. The maximum Gasteiger partial charge on any atom is 0.225 e. The predicted molar refractivity (Wildman–Crippen MR) is 100 cm³/mol. The highest BCUT2D eigenvalue weighted by atomic mass is 16.5. The molecule has 0 spiro atoms. The Hall–Kier alpha value is -2.36. The first-order chi connectivity index (χ1) is 12.6. The highest BCUT2D eigenvalue weighted by Crippen LogP contribution is 2.27. The van der Waals surface area contributed by atoms with Gasteiger partial charge in [-0.25, -0.2) is 15.0 Å². The van der Waals surface area contributed by atoms with Crippen LogP contribution in [0, 0.1) is 0 Å². The second-order valence-electron chi connectivity index (χ2n) is 6.66. The fourth-order valence-electron chi connectivity index (χ4n) is 3.40. The van der Waals surface area contributed by atoms with Crippen LogP contribution in [0.5, 0.6) is 0 Å². The smallest absolute Gasteiger partial charge is 0.225 e. The second-order valence-corrected chi connectivity index (χ2v) is 6.66. The van der Waals surface area contributed by atoms with Crippen molar-refractivity contribution >= 4 is 17.9 Å². The van der Waals surface area contributed by atoms with Crippen LogP contribution in [0.2, 0.25) is 0 Å². The molecular weight excluding hydrogens is 332 g/mol. The SMILES string of the molecule is CNC1N=C2C=NC(N)(c3ccnc(N4CCC(OC)CC4)n3)C=C2N1. The molecule has 26 heavy (non-hydrogen) atoms. The van der Waals surface area contributed by atoms with E-state index in [0.29, 0.717) is 17.7 Å². The molecule has 0 aromatic carbocycles. The van der Waals surface area contributed by atoms with E-state index in [1.807, 2.05) is 19.2 Å². The summed E-state index contributed by atoms with van der Waals surface area (Å²) in [6.07, 6.45) is 7.40. The van der Waals surface area contributed by atoms with E-state index >= 15 is 0 Å². The number of hydrogen-bond donors (Lipinski definition) is 3. The quantitative estimate of drug-likeness (QED) is 0.680. The van der Waals surface area contributed by atoms with Crippen LogP contribution in [0.4, 0.5) is 5.95 Å². The Morgan fingerprint density at radius 1 is 1.38 bits per heavy atom. The molecule has 1 saturated heterocycles. The van der Waals surface area contributed by atoms with E-state index in [4.69, 9.17) is 15.5 Å². The van der Waals surface area contributed by atoms with E-state index in [-0.39, 0.29) is 6.29 Å². The molecule has 0 bridgehead atoms. The molecule has 4 heterocycles. The van der Waals surface area contributed by atoms with Gasteiger partial charge >= 0.3 is 0 Å². The molecule has 1 aromatic rings. The van der Waals surface area contributed by atoms with Gasteiger partial charge in [0.2, 0.25) is 5.95 Å². The standard InChI is InChI=1S/C17H24N8O/c1-19-15-22-12-9-17(18,21-10-13(12)23-15)14-3-6-20-16(24-14)25-7-4-11(26-2)5-8-25/h3,6,9-11,15,19,22H,4-5,7-8,18H2,1-2H3. The summed E-state index contributed by atoms with van der Waals surface area (Å²) in [5.74, 6) is 0.683. The van der Waals surface area contributed by atoms with E-state index in [0.717, 1.165) is 37.3 Å². The van der Waals surface area contributed by atoms with Crippen LogP contribution in [0.25, 0.3) is 0 Å². The Labute approximate surface area is 152 Å². The van der Waals surface area contributed by atoms with Gasteiger partial charge in [0.1, 0.15) is 5.71 Å². The van der Waals surface area contributed by atoms with Crippen LogP contribution in [-0.4, -0.2) is 61.5 Å². The number of allylic oxidation sites excluding steroid dienone is 1. The lowest BCUT2D eigenvalue weighted by molar-refractivity contribution is 0.0816. The lowest BCUT2D eigenvalue weighted by Crippen LogP contribution is -2.41. The Morgan fingerprint density at radius 2 is 2.19 bits per heavy atom. The van der Waals surface area contributed by atoms with Crippen molar-refractivity contribution in [3.8, 4) is 0 Å². The van der Waals surface area contributed by atoms with E-state index in [1.54, 1.807) is 19.5 Å². The van der Waals surface area contributed by atoms with Gasteiger partial charge < -0.3 is 15.0 Å². The van der Waals surface area contributed by atoms with Crippen molar-refractivity contribution in [3.63, 3.8) is 0 Å². The number of nitrogens with one attached hydrogen (secondary N) is 2. The predicted octanol–water partition coefficient (Wildman–Crippen LogP) is -0.281. The third kappa shape index (κ3) is 3.09. The molecule has 4 rings (SSSR count). The molecule has 9 nitrogen and oxygen atoms in total. The monoisotopic (exact) mass is 356 g/mol. The van der Waals surface area contributed by atoms with Crippen molar-refractivity contribution in [3.05, 3.63) is 29.7 Å². The zero-order valence-corrected chi connectivity index (χ0v) is 15.0. The Balaban J connectivity index is 1.56. The van der Waals surface area contributed by atoms with Gasteiger partial charge in [0.25, 0.3) is 0 Å². The Morgan fingerprint density at radius 3 is 2.92 bits per heavy atom. The Kier molecular flexibility index (Phi) is 4.43. The van der Waals surface area contributed by atoms with Gasteiger partial charge in [0, 0.05) is 26.4 Å². The number of rotatable bonds is 4. The van der Waals surface area contributed by atoms with Gasteiger partial charge in [-0.3, -0.25) is 16.0 Å². The summed E-state index contributed by atoms with van der Waals surface area (Å²) < 4.78 is 5.43. The summed E-state index contributed by atoms with van der Waals surface area (Å²) in [4.78, 5) is 20.3. The number of nitrogens with two attached hydrogens (primary N) is 1. The third-order valence-corrected chi connectivity index (χ3v) is 4.99. The molecule has 138 valence electrons. The average Bonchev–Trinajstić information content (AvgIpc) is 3.10. The van der Waals surface area contributed by atoms with Crippen molar-refractivity contribution in [1.82, 2.24) is 20.6 Å². The lowest BCUT2D eigenvalue weighted by atomic mass is 10.0. The van der Waals surface area contributed by atoms with Crippen LogP contribution in [0.3, 0.4) is 0 Å². The number of ether oxygens (including phenoxy) is 1. The number of dihydropyridines is 1. The number of hydrogen-bond acceptors (Lipinski definition) is 9. The number of aromatic nitrogens is 2. The minimum atomic E-state index is -1.04. The molecule has 0 amide bonds. The Bertz CT molecular complexity index is 768. The maximum absolute atomic E-state index is 6.55. The molecule has 0 aliphatic carbocycles. The number of aliphatic imine (C=N–C) groups is 2. The number of methoxy groups -OCH3 is 1. The van der Waals surface area contributed by atoms with Crippen LogP contribution in [0.1, 0.15) is 18.5 Å². The molecule has 0 saturated carbocycles. The molecule has 3 aliphatic rings. The van der Waals surface area contributed by atoms with Gasteiger partial charge in [-0.2, -0.15) is 0 Å². The van der Waals surface area contributed by atoms with Crippen LogP contribution in [-0.2, 0) is 10.4 Å². The van der Waals surface area contributed by atoms with Crippen molar-refractivity contribution in [1.29, 1.82) is 0 Å². The minimum absolute atomic E-state index is 0.159. The molecule has 3 aliphatic heterocycles. The first-order valence-corrected chi connectivity index (χ1v) is 8.81. The highest BCUT2D eigenvalue weighted by molar-refractivity contribution is 6.39. The topological polar surface area (TPSA) is 113 Å². The molecular formula is C17H24N8O. The zero-order valence-electron chi connectivity index (χ0n) is 15.0. The van der Waals surface area contributed by atoms with Crippen molar-refractivity contribution in [2.45, 2.75) is 30.9 Å². The molecule has 9 heteroatoms. The van der Waals surface area contributed by atoms with Gasteiger partial charge in [-0.15, -0.1) is 0 Å². The summed E-state index contributed by atoms with van der Waals surface area (Å²) >= 11 is 0. The molecule has 1 aromatic heterocycles. The first-order valence-electron chi connectivity index (χ1n) is 8.81. The van der Waals surface area contributed by atoms with Crippen molar-refractivity contribution in [2.24, 2.45) is 15.7 Å². The molecule has 0 radical (unpaired) electrons. The summed E-state index contributed by atoms with van der Waals surface area (Å²) in [5.41, 5.74) is 7.83. The number of anilines is 1. The van der Waals surface area contributed by atoms with E-state index in [2.05, 4.69) is 30.5 Å². The second kappa shape index (κ2) is 6.75. The molecule has 2 unspecified atom stereocenters. The molecule has 1 fully saturated rings. The summed E-state index contributed by atoms with van der Waals surface area (Å²) in [5, 5.41) is 6.33. The number of piperidine rings is 1. The fraction of sp³-hybridized carbons (Fsp3) is 0.529. The summed E-state index contributed by atoms with van der Waals surface area (Å²) in [7, 11) is 3.60. The first kappa shape index (κ1) is 17.1. The molecule has 4 N–H and O–H groups in total. The van der Waals surface area contributed by atoms with Crippen LogP contribution in [0.15, 0.2) is 34.0 Å². The summed E-state index contributed by atoms with van der Waals surface area (Å²) in [6, 6.07) is 1.81. The number of nitrogens with zero attached hydrogens (tertiary/aromatic N) is 5. The fourth-order valence-corrected chi connectivity index (χ4v) is 3.40.